The highest BCUT2D eigenvalue weighted by Gasteiger charge is 2.35. The standard InChI is InChI=1S/C39H37NO6/c1-18-13-22-23(20-9-11-38(3,4)45-36(18)20)15-25-24(22)16-28(43-7)34(41)30(25)31-33-27(17-29(44-8)35(31)42)26-14-19(2)37-21(32(26)40-33)10-12-39(5,6)46-37/h9-14,16-17,40-42H,15H2,1-8H3. The minimum Gasteiger partial charge on any atom is -0.504 e. The van der Waals surface area contributed by atoms with Gasteiger partial charge in [-0.2, -0.15) is 0 Å². The topological polar surface area (TPSA) is 93.2 Å². The predicted octanol–water partition coefficient (Wildman–Crippen LogP) is 8.97. The second kappa shape index (κ2) is 9.25. The van der Waals surface area contributed by atoms with Crippen molar-refractivity contribution in [3.8, 4) is 56.8 Å². The molecule has 7 nitrogen and oxygen atoms in total. The summed E-state index contributed by atoms with van der Waals surface area (Å²) in [6.07, 6.45) is 8.92. The predicted molar refractivity (Wildman–Crippen MR) is 183 cm³/mol. The summed E-state index contributed by atoms with van der Waals surface area (Å²) in [6.45, 7) is 12.3. The number of phenolic OH excluding ortho intramolecular Hbond substituents is 2. The lowest BCUT2D eigenvalue weighted by Gasteiger charge is -2.30. The van der Waals surface area contributed by atoms with Crippen LogP contribution in [0.25, 0.3) is 56.2 Å². The molecule has 8 rings (SSSR count). The Morgan fingerprint density at radius 3 is 1.89 bits per heavy atom. The van der Waals surface area contributed by atoms with Gasteiger partial charge in [-0.15, -0.1) is 0 Å². The van der Waals surface area contributed by atoms with Crippen LogP contribution in [0.1, 0.15) is 61.1 Å². The Bertz CT molecular complexity index is 2250. The quantitative estimate of drug-likeness (QED) is 0.184. The van der Waals surface area contributed by atoms with Gasteiger partial charge in [-0.1, -0.05) is 6.08 Å². The third-order valence-corrected chi connectivity index (χ3v) is 9.66. The summed E-state index contributed by atoms with van der Waals surface area (Å²) in [5.41, 5.74) is 9.72. The van der Waals surface area contributed by atoms with Crippen molar-refractivity contribution in [3.05, 3.63) is 69.8 Å². The van der Waals surface area contributed by atoms with Crippen molar-refractivity contribution < 1.29 is 29.2 Å². The number of fused-ring (bicyclic) bond motifs is 10. The van der Waals surface area contributed by atoms with Crippen LogP contribution in [0.4, 0.5) is 0 Å². The normalized spacial score (nSPS) is 16.4. The highest BCUT2D eigenvalue weighted by Crippen LogP contribution is 2.57. The first-order chi connectivity index (χ1) is 21.8. The molecule has 0 saturated heterocycles. The van der Waals surface area contributed by atoms with Crippen LogP contribution in [0, 0.1) is 13.8 Å². The molecule has 0 spiro atoms. The number of aromatic hydroxyl groups is 2. The van der Waals surface area contributed by atoms with E-state index in [1.807, 2.05) is 46.8 Å². The van der Waals surface area contributed by atoms with E-state index in [1.54, 1.807) is 14.2 Å². The molecule has 5 aromatic rings. The molecule has 0 saturated carbocycles. The SMILES string of the molecule is COc1cc2c(c(-c3c(O)c(OC)cc4c3[nH]c3c5c(c(C)cc34)OC(C)(C)C=C5)c1O)Cc1c-2cc(C)c2c1C=CC(C)(C)O2. The molecule has 2 aliphatic heterocycles. The largest absolute Gasteiger partial charge is 0.504 e. The number of phenols is 2. The van der Waals surface area contributed by atoms with Crippen molar-refractivity contribution in [2.45, 2.75) is 59.2 Å². The molecule has 7 heteroatoms. The van der Waals surface area contributed by atoms with Crippen molar-refractivity contribution in [3.63, 3.8) is 0 Å². The zero-order valence-corrected chi connectivity index (χ0v) is 27.4. The van der Waals surface area contributed by atoms with Gasteiger partial charge in [0.25, 0.3) is 0 Å². The van der Waals surface area contributed by atoms with Gasteiger partial charge in [-0.05, 0) is 117 Å². The second-order valence-corrected chi connectivity index (χ2v) is 13.8. The summed E-state index contributed by atoms with van der Waals surface area (Å²) in [5, 5.41) is 25.6. The van der Waals surface area contributed by atoms with Crippen LogP contribution in [0.5, 0.6) is 34.5 Å². The molecule has 0 amide bonds. The number of aromatic amines is 1. The van der Waals surface area contributed by atoms with E-state index in [9.17, 15) is 10.2 Å². The number of aryl methyl sites for hydroxylation is 2. The molecule has 0 fully saturated rings. The number of methoxy groups -OCH3 is 2. The number of hydrogen-bond acceptors (Lipinski definition) is 6. The van der Waals surface area contributed by atoms with Gasteiger partial charge in [0.2, 0.25) is 0 Å². The first-order valence-electron chi connectivity index (χ1n) is 15.6. The summed E-state index contributed by atoms with van der Waals surface area (Å²) in [6, 6.07) is 8.01. The third kappa shape index (κ3) is 3.84. The first kappa shape index (κ1) is 28.4. The summed E-state index contributed by atoms with van der Waals surface area (Å²) in [7, 11) is 3.09. The molecule has 234 valence electrons. The molecular weight excluding hydrogens is 578 g/mol. The van der Waals surface area contributed by atoms with Crippen molar-refractivity contribution >= 4 is 34.0 Å². The van der Waals surface area contributed by atoms with Crippen LogP contribution >= 0.6 is 0 Å². The summed E-state index contributed by atoms with van der Waals surface area (Å²) < 4.78 is 24.3. The van der Waals surface area contributed by atoms with Crippen LogP contribution in [0.3, 0.4) is 0 Å². The number of nitrogens with one attached hydrogen (secondary N) is 1. The van der Waals surface area contributed by atoms with E-state index in [0.717, 1.165) is 72.3 Å². The third-order valence-electron chi connectivity index (χ3n) is 9.66. The van der Waals surface area contributed by atoms with Crippen molar-refractivity contribution in [2.75, 3.05) is 14.2 Å². The Morgan fingerprint density at radius 1 is 0.674 bits per heavy atom. The van der Waals surface area contributed by atoms with E-state index in [-0.39, 0.29) is 11.5 Å². The molecule has 3 aliphatic rings. The van der Waals surface area contributed by atoms with E-state index >= 15 is 0 Å². The van der Waals surface area contributed by atoms with E-state index < -0.39 is 11.2 Å². The zero-order valence-electron chi connectivity index (χ0n) is 27.4. The molecule has 0 radical (unpaired) electrons. The lowest BCUT2D eigenvalue weighted by molar-refractivity contribution is 0.157. The van der Waals surface area contributed by atoms with Crippen LogP contribution in [-0.4, -0.2) is 40.6 Å². The van der Waals surface area contributed by atoms with Crippen molar-refractivity contribution in [2.24, 2.45) is 0 Å². The Labute approximate surface area is 267 Å². The molecule has 0 unspecified atom stereocenters. The average Bonchev–Trinajstić information content (AvgIpc) is 3.54. The molecule has 4 aromatic carbocycles. The molecule has 3 heterocycles. The lowest BCUT2D eigenvalue weighted by Crippen LogP contribution is -2.28. The van der Waals surface area contributed by atoms with Crippen LogP contribution in [0.15, 0.2) is 36.4 Å². The minimum absolute atomic E-state index is 0.0423. The lowest BCUT2D eigenvalue weighted by atomic mass is 9.91. The van der Waals surface area contributed by atoms with E-state index in [1.165, 1.54) is 0 Å². The number of hydrogen-bond donors (Lipinski definition) is 3. The molecule has 0 bridgehead atoms. The fourth-order valence-corrected chi connectivity index (χ4v) is 7.46. The molecule has 46 heavy (non-hydrogen) atoms. The maximum Gasteiger partial charge on any atom is 0.167 e. The van der Waals surface area contributed by atoms with Crippen molar-refractivity contribution in [1.82, 2.24) is 4.98 Å². The summed E-state index contributed by atoms with van der Waals surface area (Å²) in [5.74, 6) is 2.22. The van der Waals surface area contributed by atoms with Crippen LogP contribution in [0.2, 0.25) is 0 Å². The Hall–Kier alpha value is -5.04. The maximum absolute atomic E-state index is 11.9. The van der Waals surface area contributed by atoms with Gasteiger partial charge >= 0.3 is 0 Å². The van der Waals surface area contributed by atoms with Crippen LogP contribution in [-0.2, 0) is 6.42 Å². The fraction of sp³-hybridized carbons (Fsp3) is 0.282. The highest BCUT2D eigenvalue weighted by molar-refractivity contribution is 6.17. The molecule has 1 aliphatic carbocycles. The molecule has 0 atom stereocenters. The highest BCUT2D eigenvalue weighted by atomic mass is 16.5. The van der Waals surface area contributed by atoms with Crippen molar-refractivity contribution in [1.29, 1.82) is 0 Å². The Morgan fingerprint density at radius 2 is 1.22 bits per heavy atom. The summed E-state index contributed by atoms with van der Waals surface area (Å²) >= 11 is 0. The molecule has 3 N–H and O–H groups in total. The van der Waals surface area contributed by atoms with Gasteiger partial charge in [0.05, 0.1) is 30.8 Å². The van der Waals surface area contributed by atoms with E-state index in [0.29, 0.717) is 34.6 Å². The number of ether oxygens (including phenoxy) is 4. The first-order valence-corrected chi connectivity index (χ1v) is 15.6. The monoisotopic (exact) mass is 615 g/mol. The Kier molecular flexibility index (Phi) is 5.72. The molecular formula is C39H37NO6. The molecule has 1 aromatic heterocycles. The van der Waals surface area contributed by atoms with Gasteiger partial charge in [-0.3, -0.25) is 0 Å². The van der Waals surface area contributed by atoms with E-state index in [2.05, 4.69) is 48.3 Å². The van der Waals surface area contributed by atoms with Gasteiger partial charge < -0.3 is 34.1 Å². The van der Waals surface area contributed by atoms with Gasteiger partial charge in [-0.25, -0.2) is 0 Å². The van der Waals surface area contributed by atoms with Gasteiger partial charge in [0.15, 0.2) is 23.0 Å². The average molecular weight is 616 g/mol. The second-order valence-electron chi connectivity index (χ2n) is 13.8. The number of H-pyrrole nitrogens is 1. The maximum atomic E-state index is 11.9. The number of aromatic nitrogens is 1. The fourth-order valence-electron chi connectivity index (χ4n) is 7.46. The summed E-state index contributed by atoms with van der Waals surface area (Å²) in [4.78, 5) is 3.64. The van der Waals surface area contributed by atoms with E-state index in [4.69, 9.17) is 18.9 Å². The number of benzene rings is 4. The number of rotatable bonds is 3. The Balaban J connectivity index is 1.45. The zero-order chi connectivity index (χ0) is 32.4. The van der Waals surface area contributed by atoms with Gasteiger partial charge in [0, 0.05) is 33.9 Å². The van der Waals surface area contributed by atoms with Gasteiger partial charge in [0.1, 0.15) is 22.7 Å². The van der Waals surface area contributed by atoms with Crippen LogP contribution < -0.4 is 18.9 Å². The smallest absolute Gasteiger partial charge is 0.167 e. The minimum atomic E-state index is -0.431.